The number of piperazine rings is 1. The standard InChI is InChI=1S/C19H19ClN4O2/c1-14-5-6-24(19(26)17(14)12-21)13-18(25)23-9-7-22(8-10-23)16-4-2-3-15(20)11-16/h2-6,11H,7-10,13H2,1H3. The molecule has 134 valence electrons. The van der Waals surface area contributed by atoms with Crippen LogP contribution in [0.2, 0.25) is 5.02 Å². The summed E-state index contributed by atoms with van der Waals surface area (Å²) in [6.45, 7) is 4.23. The highest BCUT2D eigenvalue weighted by molar-refractivity contribution is 6.30. The number of hydrogen-bond acceptors (Lipinski definition) is 4. The van der Waals surface area contributed by atoms with Crippen LogP contribution in [0.3, 0.4) is 0 Å². The third-order valence-corrected chi connectivity index (χ3v) is 4.83. The first-order chi connectivity index (χ1) is 12.5. The highest BCUT2D eigenvalue weighted by Crippen LogP contribution is 2.20. The summed E-state index contributed by atoms with van der Waals surface area (Å²) in [5, 5.41) is 9.78. The first-order valence-corrected chi connectivity index (χ1v) is 8.76. The van der Waals surface area contributed by atoms with Crippen molar-refractivity contribution >= 4 is 23.2 Å². The zero-order valence-electron chi connectivity index (χ0n) is 14.5. The number of pyridine rings is 1. The van der Waals surface area contributed by atoms with Gasteiger partial charge in [0, 0.05) is 43.1 Å². The lowest BCUT2D eigenvalue weighted by molar-refractivity contribution is -0.132. The van der Waals surface area contributed by atoms with Crippen LogP contribution in [0, 0.1) is 18.3 Å². The molecule has 1 aromatic heterocycles. The monoisotopic (exact) mass is 370 g/mol. The summed E-state index contributed by atoms with van der Waals surface area (Å²) < 4.78 is 1.30. The Morgan fingerprint density at radius 1 is 1.23 bits per heavy atom. The van der Waals surface area contributed by atoms with E-state index in [0.29, 0.717) is 36.8 Å². The summed E-state index contributed by atoms with van der Waals surface area (Å²) in [5.74, 6) is -0.120. The smallest absolute Gasteiger partial charge is 0.269 e. The molecule has 7 heteroatoms. The Kier molecular flexibility index (Phi) is 5.29. The molecule has 0 saturated carbocycles. The molecule has 0 bridgehead atoms. The second-order valence-electron chi connectivity index (χ2n) is 6.27. The molecule has 26 heavy (non-hydrogen) atoms. The fraction of sp³-hybridized carbons (Fsp3) is 0.316. The molecule has 6 nitrogen and oxygen atoms in total. The second-order valence-corrected chi connectivity index (χ2v) is 6.70. The molecule has 1 aliphatic rings. The van der Waals surface area contributed by atoms with Crippen LogP contribution >= 0.6 is 11.6 Å². The van der Waals surface area contributed by atoms with Gasteiger partial charge in [0.05, 0.1) is 0 Å². The molecule has 1 fully saturated rings. The number of amides is 1. The van der Waals surface area contributed by atoms with Gasteiger partial charge in [-0.05, 0) is 36.8 Å². The van der Waals surface area contributed by atoms with Crippen LogP contribution in [-0.4, -0.2) is 41.6 Å². The van der Waals surface area contributed by atoms with E-state index in [1.165, 1.54) is 4.57 Å². The first-order valence-electron chi connectivity index (χ1n) is 8.38. The van der Waals surface area contributed by atoms with E-state index in [1.807, 2.05) is 30.3 Å². The van der Waals surface area contributed by atoms with Gasteiger partial charge in [0.25, 0.3) is 5.56 Å². The van der Waals surface area contributed by atoms with Crippen molar-refractivity contribution in [3.8, 4) is 6.07 Å². The summed E-state index contributed by atoms with van der Waals surface area (Å²) in [5.41, 5.74) is 1.33. The van der Waals surface area contributed by atoms with Crippen molar-refractivity contribution in [2.75, 3.05) is 31.1 Å². The number of nitriles is 1. The number of rotatable bonds is 3. The van der Waals surface area contributed by atoms with Gasteiger partial charge in [0.2, 0.25) is 5.91 Å². The lowest BCUT2D eigenvalue weighted by Gasteiger charge is -2.36. The zero-order valence-corrected chi connectivity index (χ0v) is 15.2. The third kappa shape index (κ3) is 3.73. The van der Waals surface area contributed by atoms with Crippen molar-refractivity contribution in [2.24, 2.45) is 0 Å². The lowest BCUT2D eigenvalue weighted by atomic mass is 10.2. The molecule has 0 aliphatic carbocycles. The molecule has 2 heterocycles. The van der Waals surface area contributed by atoms with Gasteiger partial charge >= 0.3 is 0 Å². The number of carbonyl (C=O) groups excluding carboxylic acids is 1. The third-order valence-electron chi connectivity index (χ3n) is 4.60. The van der Waals surface area contributed by atoms with Crippen LogP contribution in [0.1, 0.15) is 11.1 Å². The molecule has 0 spiro atoms. The van der Waals surface area contributed by atoms with E-state index in [-0.39, 0.29) is 18.0 Å². The minimum atomic E-state index is -0.418. The van der Waals surface area contributed by atoms with E-state index in [4.69, 9.17) is 16.9 Å². The highest BCUT2D eigenvalue weighted by Gasteiger charge is 2.22. The Labute approximate surface area is 156 Å². The molecule has 1 aliphatic heterocycles. The fourth-order valence-electron chi connectivity index (χ4n) is 3.06. The summed E-state index contributed by atoms with van der Waals surface area (Å²) in [6, 6.07) is 11.2. The number of halogens is 1. The molecule has 1 saturated heterocycles. The van der Waals surface area contributed by atoms with E-state index >= 15 is 0 Å². The van der Waals surface area contributed by atoms with Crippen LogP contribution < -0.4 is 10.5 Å². The molecule has 1 amide bonds. The molecule has 2 aromatic rings. The topological polar surface area (TPSA) is 69.3 Å². The van der Waals surface area contributed by atoms with Gasteiger partial charge in [-0.15, -0.1) is 0 Å². The summed E-state index contributed by atoms with van der Waals surface area (Å²) in [4.78, 5) is 28.7. The van der Waals surface area contributed by atoms with Crippen molar-refractivity contribution < 1.29 is 4.79 Å². The largest absolute Gasteiger partial charge is 0.368 e. The van der Waals surface area contributed by atoms with Crippen LogP contribution in [-0.2, 0) is 11.3 Å². The maximum atomic E-state index is 12.5. The van der Waals surface area contributed by atoms with Gasteiger partial charge < -0.3 is 14.4 Å². The van der Waals surface area contributed by atoms with Gasteiger partial charge in [-0.25, -0.2) is 0 Å². The van der Waals surface area contributed by atoms with E-state index in [2.05, 4.69) is 4.90 Å². The van der Waals surface area contributed by atoms with Crippen molar-refractivity contribution in [1.82, 2.24) is 9.47 Å². The molecule has 3 rings (SSSR count). The minimum Gasteiger partial charge on any atom is -0.368 e. The van der Waals surface area contributed by atoms with Crippen molar-refractivity contribution in [1.29, 1.82) is 5.26 Å². The first kappa shape index (κ1) is 18.0. The predicted octanol–water partition coefficient (Wildman–Crippen LogP) is 2.03. The van der Waals surface area contributed by atoms with E-state index in [1.54, 1.807) is 24.1 Å². The van der Waals surface area contributed by atoms with E-state index in [9.17, 15) is 9.59 Å². The summed E-state index contributed by atoms with van der Waals surface area (Å²) in [6.07, 6.45) is 1.57. The zero-order chi connectivity index (χ0) is 18.7. The number of carbonyl (C=O) groups is 1. The average molecular weight is 371 g/mol. The summed E-state index contributed by atoms with van der Waals surface area (Å²) >= 11 is 6.04. The van der Waals surface area contributed by atoms with E-state index < -0.39 is 5.56 Å². The molecule has 0 atom stereocenters. The molecule has 0 radical (unpaired) electrons. The average Bonchev–Trinajstić information content (AvgIpc) is 2.64. The Hall–Kier alpha value is -2.78. The Morgan fingerprint density at radius 3 is 2.62 bits per heavy atom. The molecule has 1 aromatic carbocycles. The van der Waals surface area contributed by atoms with Crippen LogP contribution in [0.4, 0.5) is 5.69 Å². The molecular formula is C19H19ClN4O2. The number of aryl methyl sites for hydroxylation is 1. The fourth-order valence-corrected chi connectivity index (χ4v) is 3.24. The maximum absolute atomic E-state index is 12.5. The van der Waals surface area contributed by atoms with Gasteiger partial charge in [-0.1, -0.05) is 17.7 Å². The molecular weight excluding hydrogens is 352 g/mol. The van der Waals surface area contributed by atoms with Crippen LogP contribution in [0.5, 0.6) is 0 Å². The Morgan fingerprint density at radius 2 is 1.96 bits per heavy atom. The SMILES string of the molecule is Cc1ccn(CC(=O)N2CCN(c3cccc(Cl)c3)CC2)c(=O)c1C#N. The predicted molar refractivity (Wildman–Crippen MR) is 100 cm³/mol. The quantitative estimate of drug-likeness (QED) is 0.829. The van der Waals surface area contributed by atoms with Crippen molar-refractivity contribution in [3.05, 3.63) is 63.0 Å². The number of anilines is 1. The number of aromatic nitrogens is 1. The van der Waals surface area contributed by atoms with Crippen LogP contribution in [0.15, 0.2) is 41.3 Å². The summed E-state index contributed by atoms with van der Waals surface area (Å²) in [7, 11) is 0. The lowest BCUT2D eigenvalue weighted by Crippen LogP contribution is -2.50. The normalized spacial score (nSPS) is 14.2. The van der Waals surface area contributed by atoms with Crippen LogP contribution in [0.25, 0.3) is 0 Å². The molecule has 0 N–H and O–H groups in total. The van der Waals surface area contributed by atoms with Crippen molar-refractivity contribution in [2.45, 2.75) is 13.5 Å². The molecule has 0 unspecified atom stereocenters. The second kappa shape index (κ2) is 7.63. The minimum absolute atomic E-state index is 0.0506. The highest BCUT2D eigenvalue weighted by atomic mass is 35.5. The van der Waals surface area contributed by atoms with E-state index in [0.717, 1.165) is 5.69 Å². The van der Waals surface area contributed by atoms with Gasteiger partial charge in [-0.3, -0.25) is 9.59 Å². The van der Waals surface area contributed by atoms with Gasteiger partial charge in [0.1, 0.15) is 18.2 Å². The Bertz CT molecular complexity index is 924. The number of hydrogen-bond donors (Lipinski definition) is 0. The van der Waals surface area contributed by atoms with Gasteiger partial charge in [-0.2, -0.15) is 5.26 Å². The maximum Gasteiger partial charge on any atom is 0.269 e. The Balaban J connectivity index is 1.65. The van der Waals surface area contributed by atoms with Crippen molar-refractivity contribution in [3.63, 3.8) is 0 Å². The number of nitrogens with zero attached hydrogens (tertiary/aromatic N) is 4. The van der Waals surface area contributed by atoms with Gasteiger partial charge in [0.15, 0.2) is 0 Å². The number of benzene rings is 1.